The maximum atomic E-state index is 12.7. The molecule has 4 aromatic rings. The lowest BCUT2D eigenvalue weighted by Crippen LogP contribution is -2.33. The molecule has 0 spiro atoms. The third kappa shape index (κ3) is 5.97. The van der Waals surface area contributed by atoms with E-state index in [0.29, 0.717) is 32.0 Å². The molecule has 1 fully saturated rings. The number of anilines is 1. The normalized spacial score (nSPS) is 15.4. The Hall–Kier alpha value is -3.08. The van der Waals surface area contributed by atoms with E-state index in [1.54, 1.807) is 9.25 Å². The van der Waals surface area contributed by atoms with Crippen LogP contribution < -0.4 is 9.77 Å². The Morgan fingerprint density at radius 2 is 1.87 bits per heavy atom. The first-order valence-corrected chi connectivity index (χ1v) is 17.7. The van der Waals surface area contributed by atoms with Gasteiger partial charge in [-0.3, -0.25) is 14.2 Å². The van der Waals surface area contributed by atoms with Crippen LogP contribution in [0.15, 0.2) is 53.6 Å². The van der Waals surface area contributed by atoms with Gasteiger partial charge in [0.1, 0.15) is 12.5 Å². The van der Waals surface area contributed by atoms with Gasteiger partial charge < -0.3 is 9.64 Å². The van der Waals surface area contributed by atoms with Gasteiger partial charge in [-0.25, -0.2) is 9.67 Å². The summed E-state index contributed by atoms with van der Waals surface area (Å²) in [6.45, 7) is 11.6. The zero-order chi connectivity index (χ0) is 26.9. The number of thiazole rings is 1. The molecule has 5 rings (SSSR count). The van der Waals surface area contributed by atoms with Gasteiger partial charge in [0, 0.05) is 52.7 Å². The van der Waals surface area contributed by atoms with E-state index < -0.39 is 8.07 Å². The lowest BCUT2D eigenvalue weighted by Gasteiger charge is -2.27. The highest BCUT2D eigenvalue weighted by Crippen LogP contribution is 2.28. The number of hydrogen-bond donors (Lipinski definition) is 0. The molecule has 4 heterocycles. The molecular formula is C28H35N5O3SSi. The Labute approximate surface area is 227 Å². The number of nitrogens with zero attached hydrogens (tertiary/aromatic N) is 5. The summed E-state index contributed by atoms with van der Waals surface area (Å²) in [6, 6.07) is 13.3. The maximum Gasteiger partial charge on any atom is 0.310 e. The zero-order valence-electron chi connectivity index (χ0n) is 22.5. The van der Waals surface area contributed by atoms with Gasteiger partial charge in [0.05, 0.1) is 27.8 Å². The van der Waals surface area contributed by atoms with Crippen molar-refractivity contribution in [2.45, 2.75) is 58.1 Å². The van der Waals surface area contributed by atoms with Crippen LogP contribution in [-0.2, 0) is 16.3 Å². The second kappa shape index (κ2) is 11.0. The average Bonchev–Trinajstić information content (AvgIpc) is 3.50. The van der Waals surface area contributed by atoms with Crippen LogP contribution in [-0.4, -0.2) is 52.9 Å². The summed E-state index contributed by atoms with van der Waals surface area (Å²) in [5.74, 6) is 1.14. The van der Waals surface area contributed by atoms with Gasteiger partial charge in [-0.05, 0) is 41.9 Å². The molecular weight excluding hydrogens is 514 g/mol. The van der Waals surface area contributed by atoms with Crippen molar-refractivity contribution in [1.29, 1.82) is 0 Å². The predicted octanol–water partition coefficient (Wildman–Crippen LogP) is 5.28. The van der Waals surface area contributed by atoms with Crippen molar-refractivity contribution in [3.8, 4) is 5.82 Å². The minimum Gasteiger partial charge on any atom is -0.369 e. The van der Waals surface area contributed by atoms with Crippen LogP contribution >= 0.6 is 11.3 Å². The van der Waals surface area contributed by atoms with Gasteiger partial charge in [-0.1, -0.05) is 44.0 Å². The number of rotatable bonds is 9. The number of Topliss-reactive ketones (excluding diaryl/α,β-unsaturated/α-hetero) is 1. The summed E-state index contributed by atoms with van der Waals surface area (Å²) in [6.07, 6.45) is 4.98. The first kappa shape index (κ1) is 26.5. The van der Waals surface area contributed by atoms with Crippen LogP contribution in [0.5, 0.6) is 0 Å². The molecule has 1 aliphatic rings. The molecule has 1 aliphatic heterocycles. The fourth-order valence-electron chi connectivity index (χ4n) is 4.59. The van der Waals surface area contributed by atoms with Crippen LogP contribution in [0.25, 0.3) is 16.0 Å². The lowest BCUT2D eigenvalue weighted by atomic mass is 9.98. The molecule has 8 nitrogen and oxygen atoms in total. The third-order valence-electron chi connectivity index (χ3n) is 7.12. The van der Waals surface area contributed by atoms with E-state index in [9.17, 15) is 9.59 Å². The van der Waals surface area contributed by atoms with E-state index in [1.165, 1.54) is 11.3 Å². The summed E-state index contributed by atoms with van der Waals surface area (Å²) >= 11 is 1.26. The number of piperidine rings is 1. The van der Waals surface area contributed by atoms with Gasteiger partial charge >= 0.3 is 4.87 Å². The maximum absolute atomic E-state index is 12.7. The SMILES string of the molecule is CC(c1ccc2c(c1)sc(=O)n2COCC[Si](C)(C)C)c1ccn(-c2ccc(N3CCC(=O)CC3)cn2)n1. The van der Waals surface area contributed by atoms with Crippen LogP contribution in [0.4, 0.5) is 5.69 Å². The predicted molar refractivity (Wildman–Crippen MR) is 156 cm³/mol. The molecule has 38 heavy (non-hydrogen) atoms. The summed E-state index contributed by atoms with van der Waals surface area (Å²) in [4.78, 5) is 31.0. The first-order valence-electron chi connectivity index (χ1n) is 13.2. The molecule has 1 unspecified atom stereocenters. The average molecular weight is 550 g/mol. The Morgan fingerprint density at radius 3 is 2.58 bits per heavy atom. The number of hydrogen-bond acceptors (Lipinski definition) is 7. The number of benzene rings is 1. The van der Waals surface area contributed by atoms with Crippen molar-refractivity contribution in [2.24, 2.45) is 0 Å². The molecule has 0 amide bonds. The van der Waals surface area contributed by atoms with Crippen molar-refractivity contribution in [1.82, 2.24) is 19.3 Å². The van der Waals surface area contributed by atoms with Crippen LogP contribution in [0.2, 0.25) is 25.7 Å². The second-order valence-electron chi connectivity index (χ2n) is 11.2. The Morgan fingerprint density at radius 1 is 1.08 bits per heavy atom. The minimum atomic E-state index is -1.16. The van der Waals surface area contributed by atoms with E-state index in [0.717, 1.165) is 52.1 Å². The Bertz CT molecular complexity index is 1470. The number of carbonyl (C=O) groups excluding carboxylic acids is 1. The number of pyridine rings is 1. The molecule has 10 heteroatoms. The fraction of sp³-hybridized carbons (Fsp3) is 0.429. The summed E-state index contributed by atoms with van der Waals surface area (Å²) < 4.78 is 10.3. The van der Waals surface area contributed by atoms with Crippen molar-refractivity contribution in [3.05, 3.63) is 69.7 Å². The van der Waals surface area contributed by atoms with Crippen LogP contribution in [0.1, 0.15) is 36.9 Å². The molecule has 0 aliphatic carbocycles. The molecule has 0 radical (unpaired) electrons. The molecule has 0 saturated carbocycles. The van der Waals surface area contributed by atoms with Gasteiger partial charge in [-0.2, -0.15) is 5.10 Å². The zero-order valence-corrected chi connectivity index (χ0v) is 24.3. The number of carbonyl (C=O) groups is 1. The highest BCUT2D eigenvalue weighted by molar-refractivity contribution is 7.16. The number of ketones is 1. The fourth-order valence-corrected chi connectivity index (χ4v) is 6.28. The smallest absolute Gasteiger partial charge is 0.310 e. The van der Waals surface area contributed by atoms with Crippen LogP contribution in [0.3, 0.4) is 0 Å². The molecule has 200 valence electrons. The van der Waals surface area contributed by atoms with Crippen LogP contribution in [0, 0.1) is 0 Å². The quantitative estimate of drug-likeness (QED) is 0.209. The Balaban J connectivity index is 1.27. The van der Waals surface area contributed by atoms with Crippen molar-refractivity contribution < 1.29 is 9.53 Å². The van der Waals surface area contributed by atoms with Gasteiger partial charge in [-0.15, -0.1) is 0 Å². The highest BCUT2D eigenvalue weighted by Gasteiger charge is 2.18. The monoisotopic (exact) mass is 549 g/mol. The minimum absolute atomic E-state index is 0.00718. The molecule has 1 aromatic carbocycles. The largest absolute Gasteiger partial charge is 0.369 e. The van der Waals surface area contributed by atoms with Gasteiger partial charge in [0.25, 0.3) is 0 Å². The van der Waals surface area contributed by atoms with Gasteiger partial charge in [0.15, 0.2) is 5.82 Å². The van der Waals surface area contributed by atoms with Crippen molar-refractivity contribution in [3.63, 3.8) is 0 Å². The van der Waals surface area contributed by atoms with E-state index in [1.807, 2.05) is 36.7 Å². The number of aromatic nitrogens is 4. The summed E-state index contributed by atoms with van der Waals surface area (Å²) in [5, 5.41) is 4.80. The molecule has 3 aromatic heterocycles. The van der Waals surface area contributed by atoms with E-state index in [4.69, 9.17) is 9.84 Å². The summed E-state index contributed by atoms with van der Waals surface area (Å²) in [7, 11) is -1.16. The lowest BCUT2D eigenvalue weighted by molar-refractivity contribution is -0.119. The second-order valence-corrected chi connectivity index (χ2v) is 17.8. The number of fused-ring (bicyclic) bond motifs is 1. The van der Waals surface area contributed by atoms with E-state index in [2.05, 4.69) is 48.6 Å². The number of ether oxygens (including phenoxy) is 1. The molecule has 1 atom stereocenters. The van der Waals surface area contributed by atoms with Gasteiger partial charge in [0.2, 0.25) is 0 Å². The standard InChI is InChI=1S/C28H35N5O3SSi/c1-20(21-5-7-25-26(17-21)37-28(35)32(25)19-36-15-16-38(2,3)4)24-11-14-33(30-24)27-8-6-22(18-29-27)31-12-9-23(34)10-13-31/h5-8,11,14,17-18,20H,9-10,12-13,15-16,19H2,1-4H3. The summed E-state index contributed by atoms with van der Waals surface area (Å²) in [5.41, 5.74) is 3.99. The first-order chi connectivity index (χ1) is 18.2. The van der Waals surface area contributed by atoms with E-state index in [-0.39, 0.29) is 10.8 Å². The molecule has 0 bridgehead atoms. The Kier molecular flexibility index (Phi) is 7.65. The molecule has 1 saturated heterocycles. The molecule has 0 N–H and O–H groups in total. The van der Waals surface area contributed by atoms with E-state index >= 15 is 0 Å². The van der Waals surface area contributed by atoms with Crippen molar-refractivity contribution >= 4 is 41.1 Å². The third-order valence-corrected chi connectivity index (χ3v) is 9.76. The van der Waals surface area contributed by atoms with Crippen molar-refractivity contribution in [2.75, 3.05) is 24.6 Å². The topological polar surface area (TPSA) is 82.2 Å². The highest BCUT2D eigenvalue weighted by atomic mass is 32.1.